The van der Waals surface area contributed by atoms with Gasteiger partial charge in [-0.25, -0.2) is 0 Å². The van der Waals surface area contributed by atoms with E-state index in [0.717, 1.165) is 11.8 Å². The first-order chi connectivity index (χ1) is 6.18. The maximum atomic E-state index is 2.40. The first-order valence-corrected chi connectivity index (χ1v) is 5.55. The van der Waals surface area contributed by atoms with Crippen molar-refractivity contribution in [2.24, 2.45) is 11.8 Å². The van der Waals surface area contributed by atoms with Gasteiger partial charge < -0.3 is 0 Å². The Kier molecular flexibility index (Phi) is 10.3. The molecule has 0 heterocycles. The average molecular weight is 196 g/mol. The van der Waals surface area contributed by atoms with E-state index in [-0.39, 0.29) is 7.43 Å². The van der Waals surface area contributed by atoms with Crippen LogP contribution in [-0.2, 0) is 0 Å². The number of rotatable bonds is 2. The van der Waals surface area contributed by atoms with Gasteiger partial charge in [0.05, 0.1) is 0 Å². The summed E-state index contributed by atoms with van der Waals surface area (Å²) in [7, 11) is 0. The van der Waals surface area contributed by atoms with Gasteiger partial charge in [0.25, 0.3) is 0 Å². The minimum absolute atomic E-state index is 0. The van der Waals surface area contributed by atoms with Crippen LogP contribution in [0, 0.1) is 11.8 Å². The van der Waals surface area contributed by atoms with Gasteiger partial charge in [0, 0.05) is 0 Å². The van der Waals surface area contributed by atoms with Crippen molar-refractivity contribution in [3.63, 3.8) is 0 Å². The highest BCUT2D eigenvalue weighted by molar-refractivity contribution is 5.23. The number of hydrogen-bond acceptors (Lipinski definition) is 0. The molecule has 0 bridgehead atoms. The van der Waals surface area contributed by atoms with Gasteiger partial charge in [-0.3, -0.25) is 0 Å². The fourth-order valence-electron chi connectivity index (χ4n) is 1.53. The summed E-state index contributed by atoms with van der Waals surface area (Å²) >= 11 is 0. The quantitative estimate of drug-likeness (QED) is 0.568. The Balaban J connectivity index is 0. The van der Waals surface area contributed by atoms with E-state index in [1.165, 1.54) is 18.4 Å². The molecule has 0 heteroatoms. The van der Waals surface area contributed by atoms with Crippen molar-refractivity contribution in [3.8, 4) is 0 Å². The predicted molar refractivity (Wildman–Crippen MR) is 68.5 cm³/mol. The second-order valence-corrected chi connectivity index (χ2v) is 3.95. The van der Waals surface area contributed by atoms with E-state index < -0.39 is 0 Å². The second-order valence-electron chi connectivity index (χ2n) is 3.95. The molecule has 84 valence electrons. The highest BCUT2D eigenvalue weighted by Crippen LogP contribution is 2.20. The molecule has 0 spiro atoms. The molecule has 0 fully saturated rings. The standard InChI is InChI=1S/C11H18.C2H6.CH4/c1-9(2)7-11-6-4-5-10(3)8-11;1-2;/h4,6,8-10H,5,7H2,1-3H3;1-2H3;1H4. The Bertz CT molecular complexity index is 172. The molecule has 1 aliphatic carbocycles. The van der Waals surface area contributed by atoms with Crippen molar-refractivity contribution in [3.05, 3.63) is 23.8 Å². The van der Waals surface area contributed by atoms with Crippen LogP contribution in [0.3, 0.4) is 0 Å². The summed E-state index contributed by atoms with van der Waals surface area (Å²) in [5, 5.41) is 0. The zero-order valence-corrected chi connectivity index (χ0v) is 9.80. The lowest BCUT2D eigenvalue weighted by Gasteiger charge is -2.13. The molecule has 0 saturated carbocycles. The molecule has 1 unspecified atom stereocenters. The lowest BCUT2D eigenvalue weighted by Crippen LogP contribution is -1.97. The van der Waals surface area contributed by atoms with Crippen LogP contribution >= 0.6 is 0 Å². The third-order valence-corrected chi connectivity index (χ3v) is 1.98. The van der Waals surface area contributed by atoms with Crippen molar-refractivity contribution >= 4 is 0 Å². The van der Waals surface area contributed by atoms with E-state index in [1.54, 1.807) is 0 Å². The van der Waals surface area contributed by atoms with Gasteiger partial charge in [0.2, 0.25) is 0 Å². The lowest BCUT2D eigenvalue weighted by molar-refractivity contribution is 0.632. The van der Waals surface area contributed by atoms with Gasteiger partial charge in [-0.05, 0) is 24.7 Å². The van der Waals surface area contributed by atoms with E-state index in [4.69, 9.17) is 0 Å². The molecular weight excluding hydrogens is 168 g/mol. The molecule has 1 aliphatic rings. The van der Waals surface area contributed by atoms with Gasteiger partial charge in [-0.1, -0.05) is 65.8 Å². The normalized spacial score (nSPS) is 19.3. The Morgan fingerprint density at radius 2 is 1.93 bits per heavy atom. The van der Waals surface area contributed by atoms with Crippen LogP contribution in [0.4, 0.5) is 0 Å². The maximum absolute atomic E-state index is 2.40. The molecular formula is C14H28. The van der Waals surface area contributed by atoms with Crippen LogP contribution in [-0.4, -0.2) is 0 Å². The van der Waals surface area contributed by atoms with E-state index >= 15 is 0 Å². The Morgan fingerprint density at radius 3 is 2.36 bits per heavy atom. The van der Waals surface area contributed by atoms with Crippen LogP contribution in [0.25, 0.3) is 0 Å². The molecule has 0 N–H and O–H groups in total. The summed E-state index contributed by atoms with van der Waals surface area (Å²) in [6, 6.07) is 0. The predicted octanol–water partition coefficient (Wildman–Crippen LogP) is 5.22. The smallest absolute Gasteiger partial charge is 0.0221 e. The van der Waals surface area contributed by atoms with E-state index in [0.29, 0.717) is 0 Å². The fraction of sp³-hybridized carbons (Fsp3) is 0.714. The monoisotopic (exact) mass is 196 g/mol. The van der Waals surface area contributed by atoms with Crippen LogP contribution < -0.4 is 0 Å². The maximum Gasteiger partial charge on any atom is -0.0221 e. The first kappa shape index (κ1) is 15.9. The Morgan fingerprint density at radius 1 is 1.36 bits per heavy atom. The van der Waals surface area contributed by atoms with Crippen molar-refractivity contribution in [2.75, 3.05) is 0 Å². The summed E-state index contributed by atoms with van der Waals surface area (Å²) in [5.41, 5.74) is 1.53. The number of hydrogen-bond donors (Lipinski definition) is 0. The minimum atomic E-state index is 0. The summed E-state index contributed by atoms with van der Waals surface area (Å²) in [6.45, 7) is 10.8. The summed E-state index contributed by atoms with van der Waals surface area (Å²) < 4.78 is 0. The molecule has 1 rings (SSSR count). The van der Waals surface area contributed by atoms with Crippen molar-refractivity contribution in [1.29, 1.82) is 0 Å². The highest BCUT2D eigenvalue weighted by Gasteiger charge is 2.04. The van der Waals surface area contributed by atoms with E-state index in [2.05, 4.69) is 39.0 Å². The van der Waals surface area contributed by atoms with Crippen molar-refractivity contribution in [1.82, 2.24) is 0 Å². The molecule has 0 aromatic rings. The van der Waals surface area contributed by atoms with Crippen molar-refractivity contribution < 1.29 is 0 Å². The minimum Gasteiger partial charge on any atom is -0.0837 e. The molecule has 0 aromatic carbocycles. The number of allylic oxidation sites excluding steroid dienone is 4. The molecule has 1 atom stereocenters. The van der Waals surface area contributed by atoms with Crippen LogP contribution in [0.2, 0.25) is 0 Å². The van der Waals surface area contributed by atoms with E-state index in [9.17, 15) is 0 Å². The van der Waals surface area contributed by atoms with Gasteiger partial charge in [-0.15, -0.1) is 0 Å². The SMILES string of the molecule is C.CC.CC(C)CC1=CC(C)CC=C1. The van der Waals surface area contributed by atoms with E-state index in [1.807, 2.05) is 13.8 Å². The third-order valence-electron chi connectivity index (χ3n) is 1.98. The Labute approximate surface area is 91.1 Å². The third kappa shape index (κ3) is 6.94. The second kappa shape index (κ2) is 9.05. The first-order valence-electron chi connectivity index (χ1n) is 5.55. The van der Waals surface area contributed by atoms with Gasteiger partial charge >= 0.3 is 0 Å². The van der Waals surface area contributed by atoms with Crippen LogP contribution in [0.5, 0.6) is 0 Å². The van der Waals surface area contributed by atoms with Gasteiger partial charge in [0.15, 0.2) is 0 Å². The molecule has 0 aromatic heterocycles. The van der Waals surface area contributed by atoms with Crippen LogP contribution in [0.1, 0.15) is 54.9 Å². The zero-order valence-electron chi connectivity index (χ0n) is 9.80. The molecule has 0 saturated heterocycles. The summed E-state index contributed by atoms with van der Waals surface area (Å²) in [4.78, 5) is 0. The zero-order chi connectivity index (χ0) is 10.3. The average Bonchev–Trinajstić information content (AvgIpc) is 2.06. The molecule has 0 aliphatic heterocycles. The molecule has 14 heavy (non-hydrogen) atoms. The fourth-order valence-corrected chi connectivity index (χ4v) is 1.53. The summed E-state index contributed by atoms with van der Waals surface area (Å²) in [6.07, 6.45) is 9.44. The largest absolute Gasteiger partial charge is 0.0837 e. The molecule has 0 radical (unpaired) electrons. The lowest BCUT2D eigenvalue weighted by atomic mass is 9.93. The van der Waals surface area contributed by atoms with Gasteiger partial charge in [-0.2, -0.15) is 0 Å². The highest BCUT2D eigenvalue weighted by atomic mass is 14.1. The summed E-state index contributed by atoms with van der Waals surface area (Å²) in [5.74, 6) is 1.55. The topological polar surface area (TPSA) is 0 Å². The van der Waals surface area contributed by atoms with Crippen molar-refractivity contribution in [2.45, 2.75) is 54.9 Å². The van der Waals surface area contributed by atoms with Crippen LogP contribution in [0.15, 0.2) is 23.8 Å². The molecule has 0 amide bonds. The Hall–Kier alpha value is -0.520. The molecule has 0 nitrogen and oxygen atoms in total. The van der Waals surface area contributed by atoms with Gasteiger partial charge in [0.1, 0.15) is 0 Å².